The molecule has 10 heteroatoms. The Morgan fingerprint density at radius 1 is 1.30 bits per heavy atom. The van der Waals surface area contributed by atoms with E-state index in [9.17, 15) is 18.0 Å². The van der Waals surface area contributed by atoms with E-state index in [-0.39, 0.29) is 23.8 Å². The number of benzene rings is 1. The van der Waals surface area contributed by atoms with E-state index in [1.807, 2.05) is 0 Å². The molecule has 0 aliphatic rings. The smallest absolute Gasteiger partial charge is 0.415 e. The second-order valence-corrected chi connectivity index (χ2v) is 4.58. The summed E-state index contributed by atoms with van der Waals surface area (Å²) in [7, 11) is 0. The lowest BCUT2D eigenvalue weighted by molar-refractivity contribution is -0.201. The number of carboxylic acid groups (broad SMARTS) is 1. The quantitative estimate of drug-likeness (QED) is 0.735. The van der Waals surface area contributed by atoms with E-state index in [4.69, 9.17) is 14.7 Å². The third-order valence-electron chi connectivity index (χ3n) is 2.85. The molecule has 0 saturated carbocycles. The first-order chi connectivity index (χ1) is 10.8. The minimum Gasteiger partial charge on any atom is -0.478 e. The number of carbonyl (C=O) groups is 1. The second-order valence-electron chi connectivity index (χ2n) is 4.58. The van der Waals surface area contributed by atoms with Crippen molar-refractivity contribution in [1.82, 2.24) is 15.5 Å². The van der Waals surface area contributed by atoms with Crippen LogP contribution >= 0.6 is 0 Å². The zero-order valence-electron chi connectivity index (χ0n) is 11.5. The Hall–Kier alpha value is -2.46. The van der Waals surface area contributed by atoms with Crippen LogP contribution in [0.5, 0.6) is 0 Å². The molecular weight excluding hydrogens is 319 g/mol. The zero-order valence-corrected chi connectivity index (χ0v) is 11.5. The molecule has 23 heavy (non-hydrogen) atoms. The van der Waals surface area contributed by atoms with Gasteiger partial charge in [0.1, 0.15) is 0 Å². The number of alkyl halides is 3. The highest BCUT2D eigenvalue weighted by Crippen LogP contribution is 2.19. The monoisotopic (exact) mass is 331 g/mol. The molecular formula is C13H12F3N3O4. The average Bonchev–Trinajstić information content (AvgIpc) is 2.95. The summed E-state index contributed by atoms with van der Waals surface area (Å²) in [5, 5.41) is 23.6. The van der Waals surface area contributed by atoms with Crippen LogP contribution in [0.4, 0.5) is 13.2 Å². The molecule has 0 aliphatic carbocycles. The summed E-state index contributed by atoms with van der Waals surface area (Å²) < 4.78 is 41.2. The minimum atomic E-state index is -4.70. The molecule has 1 heterocycles. The predicted octanol–water partition coefficient (Wildman–Crippen LogP) is 1.45. The average molecular weight is 331 g/mol. The summed E-state index contributed by atoms with van der Waals surface area (Å²) in [6.07, 6.45) is -7.17. The first-order valence-corrected chi connectivity index (χ1v) is 6.39. The fraction of sp³-hybridized carbons (Fsp3) is 0.308. The van der Waals surface area contributed by atoms with Gasteiger partial charge in [0.25, 0.3) is 0 Å². The van der Waals surface area contributed by atoms with Crippen LogP contribution in [-0.2, 0) is 6.54 Å². The van der Waals surface area contributed by atoms with Gasteiger partial charge < -0.3 is 20.1 Å². The fourth-order valence-electron chi connectivity index (χ4n) is 1.64. The first kappa shape index (κ1) is 16.9. The molecule has 1 aromatic carbocycles. The van der Waals surface area contributed by atoms with Crippen molar-refractivity contribution >= 4 is 5.97 Å². The second kappa shape index (κ2) is 6.75. The number of carboxylic acids is 1. The number of aliphatic hydroxyl groups excluding tert-OH is 1. The summed E-state index contributed by atoms with van der Waals surface area (Å²) in [4.78, 5) is 14.7. The number of rotatable bonds is 6. The molecule has 2 rings (SSSR count). The Labute approximate surface area is 127 Å². The molecule has 1 aromatic heterocycles. The summed E-state index contributed by atoms with van der Waals surface area (Å²) in [6.45, 7) is -0.845. The van der Waals surface area contributed by atoms with Crippen LogP contribution in [0.15, 0.2) is 28.8 Å². The largest absolute Gasteiger partial charge is 0.478 e. The highest BCUT2D eigenvalue weighted by molar-refractivity contribution is 5.88. The van der Waals surface area contributed by atoms with E-state index >= 15 is 0 Å². The van der Waals surface area contributed by atoms with Gasteiger partial charge in [0.2, 0.25) is 11.7 Å². The molecule has 0 fully saturated rings. The number of nitrogens with one attached hydrogen (secondary N) is 1. The molecule has 0 aliphatic heterocycles. The van der Waals surface area contributed by atoms with E-state index in [1.54, 1.807) is 0 Å². The predicted molar refractivity (Wildman–Crippen MR) is 70.5 cm³/mol. The fourth-order valence-corrected chi connectivity index (χ4v) is 1.64. The Kier molecular flexibility index (Phi) is 4.96. The third kappa shape index (κ3) is 4.50. The van der Waals surface area contributed by atoms with Crippen molar-refractivity contribution in [3.8, 4) is 11.4 Å². The highest BCUT2D eigenvalue weighted by Gasteiger charge is 2.37. The number of aliphatic hydroxyl groups is 1. The van der Waals surface area contributed by atoms with Crippen molar-refractivity contribution in [1.29, 1.82) is 0 Å². The molecule has 0 amide bonds. The van der Waals surface area contributed by atoms with Crippen LogP contribution < -0.4 is 5.32 Å². The van der Waals surface area contributed by atoms with Gasteiger partial charge in [0, 0.05) is 12.1 Å². The van der Waals surface area contributed by atoms with E-state index < -0.39 is 24.8 Å². The van der Waals surface area contributed by atoms with E-state index in [1.165, 1.54) is 24.3 Å². The Balaban J connectivity index is 1.94. The Morgan fingerprint density at radius 2 is 1.96 bits per heavy atom. The molecule has 3 N–H and O–H groups in total. The van der Waals surface area contributed by atoms with Gasteiger partial charge in [-0.2, -0.15) is 18.2 Å². The lowest BCUT2D eigenvalue weighted by atomic mass is 10.1. The molecule has 124 valence electrons. The lowest BCUT2D eigenvalue weighted by Gasteiger charge is -2.13. The van der Waals surface area contributed by atoms with Gasteiger partial charge in [0.15, 0.2) is 6.10 Å². The molecule has 0 saturated heterocycles. The molecule has 2 aromatic rings. The van der Waals surface area contributed by atoms with Crippen molar-refractivity contribution in [3.63, 3.8) is 0 Å². The number of aromatic nitrogens is 2. The maximum atomic E-state index is 12.1. The lowest BCUT2D eigenvalue weighted by Crippen LogP contribution is -2.38. The number of aromatic carboxylic acids is 1. The Bertz CT molecular complexity index is 670. The van der Waals surface area contributed by atoms with Crippen molar-refractivity contribution < 1.29 is 32.7 Å². The zero-order chi connectivity index (χ0) is 17.0. The summed E-state index contributed by atoms with van der Waals surface area (Å²) in [6, 6.07) is 5.70. The van der Waals surface area contributed by atoms with Gasteiger partial charge in [-0.25, -0.2) is 4.79 Å². The van der Waals surface area contributed by atoms with Gasteiger partial charge in [-0.3, -0.25) is 0 Å². The number of hydrogen-bond donors (Lipinski definition) is 3. The molecule has 0 bridgehead atoms. The SMILES string of the molecule is O=C(O)c1ccc(-c2noc(CNCC(O)C(F)(F)F)n2)cc1. The normalized spacial score (nSPS) is 13.0. The maximum absolute atomic E-state index is 12.1. The Morgan fingerprint density at radius 3 is 2.52 bits per heavy atom. The van der Waals surface area contributed by atoms with E-state index in [0.29, 0.717) is 5.56 Å². The van der Waals surface area contributed by atoms with Crippen LogP contribution in [0.3, 0.4) is 0 Å². The van der Waals surface area contributed by atoms with Crippen LogP contribution in [-0.4, -0.2) is 45.1 Å². The van der Waals surface area contributed by atoms with Crippen LogP contribution in [0.2, 0.25) is 0 Å². The topological polar surface area (TPSA) is 108 Å². The summed E-state index contributed by atoms with van der Waals surface area (Å²) >= 11 is 0. The molecule has 1 unspecified atom stereocenters. The maximum Gasteiger partial charge on any atom is 0.415 e. The number of halogens is 3. The van der Waals surface area contributed by atoms with Crippen LogP contribution in [0.1, 0.15) is 16.2 Å². The van der Waals surface area contributed by atoms with Crippen molar-refractivity contribution in [3.05, 3.63) is 35.7 Å². The number of nitrogens with zero attached hydrogens (tertiary/aromatic N) is 2. The van der Waals surface area contributed by atoms with Crippen molar-refractivity contribution in [2.24, 2.45) is 0 Å². The van der Waals surface area contributed by atoms with Crippen molar-refractivity contribution in [2.75, 3.05) is 6.54 Å². The highest BCUT2D eigenvalue weighted by atomic mass is 19.4. The van der Waals surface area contributed by atoms with Gasteiger partial charge in [-0.05, 0) is 12.1 Å². The van der Waals surface area contributed by atoms with Gasteiger partial charge >= 0.3 is 12.1 Å². The summed E-state index contributed by atoms with van der Waals surface area (Å²) in [5.41, 5.74) is 0.598. The van der Waals surface area contributed by atoms with Crippen molar-refractivity contribution in [2.45, 2.75) is 18.8 Å². The molecule has 1 atom stereocenters. The molecule has 7 nitrogen and oxygen atoms in total. The van der Waals surface area contributed by atoms with E-state index in [0.717, 1.165) is 0 Å². The van der Waals surface area contributed by atoms with E-state index in [2.05, 4.69) is 15.5 Å². The van der Waals surface area contributed by atoms with Crippen LogP contribution in [0, 0.1) is 0 Å². The standard InChI is InChI=1S/C13H12F3N3O4/c14-13(15,16)9(20)5-17-6-10-18-11(19-23-10)7-1-3-8(4-2-7)12(21)22/h1-4,9,17,20H,5-6H2,(H,21,22). The summed E-state index contributed by atoms with van der Waals surface area (Å²) in [5.74, 6) is -0.857. The van der Waals surface area contributed by atoms with Gasteiger partial charge in [-0.1, -0.05) is 17.3 Å². The molecule has 0 radical (unpaired) electrons. The van der Waals surface area contributed by atoms with Gasteiger partial charge in [0.05, 0.1) is 12.1 Å². The van der Waals surface area contributed by atoms with Crippen LogP contribution in [0.25, 0.3) is 11.4 Å². The molecule has 0 spiro atoms. The van der Waals surface area contributed by atoms with Gasteiger partial charge in [-0.15, -0.1) is 0 Å². The first-order valence-electron chi connectivity index (χ1n) is 6.39. The minimum absolute atomic E-state index is 0.0386. The third-order valence-corrected chi connectivity index (χ3v) is 2.85. The number of hydrogen-bond acceptors (Lipinski definition) is 6.